The second kappa shape index (κ2) is 5.52. The van der Waals surface area contributed by atoms with Gasteiger partial charge in [-0.2, -0.15) is 5.10 Å². The normalized spacial score (nSPS) is 10.3. The number of nitrogens with two attached hydrogens (primary N) is 1. The van der Waals surface area contributed by atoms with Gasteiger partial charge in [0.15, 0.2) is 5.11 Å². The first-order valence-electron chi connectivity index (χ1n) is 4.03. The van der Waals surface area contributed by atoms with E-state index in [0.29, 0.717) is 10.0 Å². The summed E-state index contributed by atoms with van der Waals surface area (Å²) >= 11 is 7.75. The number of nitrogens with zero attached hydrogens (tertiary/aromatic N) is 2. The molecule has 0 unspecified atom stereocenters. The Labute approximate surface area is 105 Å². The molecule has 16 heavy (non-hydrogen) atoms. The number of thiocarbonyl (C=S) groups is 1. The topological polar surface area (TPSA) is 93.5 Å². The van der Waals surface area contributed by atoms with E-state index in [1.807, 2.05) is 0 Å². The summed E-state index contributed by atoms with van der Waals surface area (Å²) < 4.78 is 0.565. The molecule has 8 heteroatoms. The van der Waals surface area contributed by atoms with E-state index in [1.54, 1.807) is 6.07 Å². The zero-order valence-electron chi connectivity index (χ0n) is 7.88. The van der Waals surface area contributed by atoms with Crippen molar-refractivity contribution in [3.05, 3.63) is 38.3 Å². The minimum Gasteiger partial charge on any atom is -0.375 e. The smallest absolute Gasteiger partial charge is 0.270 e. The highest BCUT2D eigenvalue weighted by atomic mass is 79.9. The Bertz CT molecular complexity index is 463. The zero-order chi connectivity index (χ0) is 12.1. The third-order valence-electron chi connectivity index (χ3n) is 1.57. The van der Waals surface area contributed by atoms with Crippen molar-refractivity contribution in [3.63, 3.8) is 0 Å². The molecule has 1 aromatic rings. The number of halogens is 1. The Morgan fingerprint density at radius 1 is 1.69 bits per heavy atom. The molecule has 6 nitrogen and oxygen atoms in total. The maximum absolute atomic E-state index is 10.5. The number of hydrogen-bond donors (Lipinski definition) is 2. The van der Waals surface area contributed by atoms with Crippen molar-refractivity contribution in [2.45, 2.75) is 0 Å². The molecule has 1 rings (SSSR count). The van der Waals surface area contributed by atoms with Crippen molar-refractivity contribution >= 4 is 45.2 Å². The van der Waals surface area contributed by atoms with Crippen LogP contribution in [0.1, 0.15) is 5.56 Å². The summed E-state index contributed by atoms with van der Waals surface area (Å²) in [6.45, 7) is 0. The second-order valence-electron chi connectivity index (χ2n) is 2.70. The average molecular weight is 303 g/mol. The first-order valence-corrected chi connectivity index (χ1v) is 5.23. The van der Waals surface area contributed by atoms with Gasteiger partial charge >= 0.3 is 0 Å². The van der Waals surface area contributed by atoms with E-state index in [4.69, 9.17) is 5.73 Å². The van der Waals surface area contributed by atoms with Crippen LogP contribution in [0.15, 0.2) is 27.8 Å². The molecule has 0 aliphatic carbocycles. The fourth-order valence-electron chi connectivity index (χ4n) is 0.900. The lowest BCUT2D eigenvalue weighted by molar-refractivity contribution is -0.384. The van der Waals surface area contributed by atoms with Crippen molar-refractivity contribution in [1.29, 1.82) is 0 Å². The van der Waals surface area contributed by atoms with Gasteiger partial charge in [0, 0.05) is 22.2 Å². The summed E-state index contributed by atoms with van der Waals surface area (Å²) in [5, 5.41) is 14.3. The number of non-ortho nitro benzene ring substituents is 1. The summed E-state index contributed by atoms with van der Waals surface area (Å²) in [7, 11) is 0. The fraction of sp³-hybridized carbons (Fsp3) is 0. The van der Waals surface area contributed by atoms with Gasteiger partial charge in [0.05, 0.1) is 11.1 Å². The molecule has 0 bridgehead atoms. The van der Waals surface area contributed by atoms with Crippen molar-refractivity contribution in [3.8, 4) is 0 Å². The number of nitro groups is 1. The molecular weight excluding hydrogens is 296 g/mol. The Hall–Kier alpha value is -1.54. The molecule has 0 spiro atoms. The van der Waals surface area contributed by atoms with Gasteiger partial charge in [-0.15, -0.1) is 0 Å². The summed E-state index contributed by atoms with van der Waals surface area (Å²) in [6.07, 6.45) is 1.45. The van der Waals surface area contributed by atoms with Crippen LogP contribution in [0.2, 0.25) is 0 Å². The zero-order valence-corrected chi connectivity index (χ0v) is 10.3. The van der Waals surface area contributed by atoms with Gasteiger partial charge < -0.3 is 5.73 Å². The molecule has 3 N–H and O–H groups in total. The van der Waals surface area contributed by atoms with E-state index < -0.39 is 4.92 Å². The lowest BCUT2D eigenvalue weighted by Gasteiger charge is -1.98. The Morgan fingerprint density at radius 3 is 2.88 bits per heavy atom. The molecule has 0 atom stereocenters. The molecule has 0 heterocycles. The molecule has 0 radical (unpaired) electrons. The highest BCUT2D eigenvalue weighted by Gasteiger charge is 2.07. The van der Waals surface area contributed by atoms with E-state index in [1.165, 1.54) is 18.3 Å². The predicted octanol–water partition coefficient (Wildman–Crippen LogP) is 1.52. The van der Waals surface area contributed by atoms with Gasteiger partial charge in [-0.05, 0) is 34.2 Å². The van der Waals surface area contributed by atoms with Crippen molar-refractivity contribution < 1.29 is 4.92 Å². The first kappa shape index (κ1) is 12.5. The molecule has 0 saturated carbocycles. The largest absolute Gasteiger partial charge is 0.375 e. The van der Waals surface area contributed by atoms with Crippen molar-refractivity contribution in [2.24, 2.45) is 10.8 Å². The molecule has 0 fully saturated rings. The lowest BCUT2D eigenvalue weighted by atomic mass is 10.2. The summed E-state index contributed by atoms with van der Waals surface area (Å²) in [5.74, 6) is 0. The van der Waals surface area contributed by atoms with Gasteiger partial charge in [-0.1, -0.05) is 0 Å². The van der Waals surface area contributed by atoms with Crippen LogP contribution >= 0.6 is 28.1 Å². The Morgan fingerprint density at radius 2 is 2.38 bits per heavy atom. The molecule has 1 aromatic carbocycles. The van der Waals surface area contributed by atoms with E-state index >= 15 is 0 Å². The van der Waals surface area contributed by atoms with Crippen LogP contribution in [-0.2, 0) is 0 Å². The minimum absolute atomic E-state index is 0.00586. The Kier molecular flexibility index (Phi) is 4.32. The summed E-state index contributed by atoms with van der Waals surface area (Å²) in [5.41, 5.74) is 8.23. The van der Waals surface area contributed by atoms with Gasteiger partial charge in [0.1, 0.15) is 0 Å². The minimum atomic E-state index is -0.473. The third kappa shape index (κ3) is 3.55. The monoisotopic (exact) mass is 302 g/mol. The van der Waals surface area contributed by atoms with Gasteiger partial charge in [0.25, 0.3) is 5.69 Å². The van der Waals surface area contributed by atoms with Gasteiger partial charge in [-0.25, -0.2) is 0 Å². The maximum Gasteiger partial charge on any atom is 0.270 e. The van der Waals surface area contributed by atoms with Crippen LogP contribution in [0, 0.1) is 10.1 Å². The maximum atomic E-state index is 10.5. The third-order valence-corrected chi connectivity index (χ3v) is 2.35. The number of hydrogen-bond acceptors (Lipinski definition) is 4. The predicted molar refractivity (Wildman–Crippen MR) is 68.3 cm³/mol. The molecule has 0 saturated heterocycles. The number of nitrogens with one attached hydrogen (secondary N) is 1. The summed E-state index contributed by atoms with van der Waals surface area (Å²) in [4.78, 5) is 10.00. The standard InChI is InChI=1S/C8H7BrN4O2S/c9-7-3-6(13(14)15)2-1-5(7)4-11-12-8(10)16/h1-4H,(H3,10,12,16)/b11-4-. The van der Waals surface area contributed by atoms with Gasteiger partial charge in [0.2, 0.25) is 0 Å². The van der Waals surface area contributed by atoms with Gasteiger partial charge in [-0.3, -0.25) is 15.5 Å². The van der Waals surface area contributed by atoms with Crippen LogP contribution in [0.25, 0.3) is 0 Å². The van der Waals surface area contributed by atoms with E-state index in [2.05, 4.69) is 38.7 Å². The second-order valence-corrected chi connectivity index (χ2v) is 3.99. The number of nitro benzene ring substituents is 1. The molecule has 0 aromatic heterocycles. The molecule has 0 amide bonds. The van der Waals surface area contributed by atoms with E-state index in [0.717, 1.165) is 0 Å². The van der Waals surface area contributed by atoms with Crippen molar-refractivity contribution in [1.82, 2.24) is 5.43 Å². The van der Waals surface area contributed by atoms with Crippen molar-refractivity contribution in [2.75, 3.05) is 0 Å². The summed E-state index contributed by atoms with van der Waals surface area (Å²) in [6, 6.07) is 4.34. The number of hydrazone groups is 1. The van der Waals surface area contributed by atoms with E-state index in [-0.39, 0.29) is 10.8 Å². The number of benzene rings is 1. The molecular formula is C8H7BrN4O2S. The molecule has 84 valence electrons. The molecule has 0 aliphatic rings. The average Bonchev–Trinajstić information content (AvgIpc) is 2.19. The quantitative estimate of drug-likeness (QED) is 0.382. The van der Waals surface area contributed by atoms with Crippen LogP contribution < -0.4 is 11.2 Å². The first-order chi connectivity index (χ1) is 7.50. The fourth-order valence-corrected chi connectivity index (χ4v) is 1.42. The number of rotatable bonds is 3. The van der Waals surface area contributed by atoms with Crippen LogP contribution in [-0.4, -0.2) is 16.3 Å². The van der Waals surface area contributed by atoms with Crippen LogP contribution in [0.5, 0.6) is 0 Å². The highest BCUT2D eigenvalue weighted by molar-refractivity contribution is 9.10. The van der Waals surface area contributed by atoms with E-state index in [9.17, 15) is 10.1 Å². The van der Waals surface area contributed by atoms with Crippen LogP contribution in [0.3, 0.4) is 0 Å². The molecule has 0 aliphatic heterocycles. The lowest BCUT2D eigenvalue weighted by Crippen LogP contribution is -2.24. The highest BCUT2D eigenvalue weighted by Crippen LogP contribution is 2.21. The Balaban J connectivity index is 2.87. The van der Waals surface area contributed by atoms with Crippen LogP contribution in [0.4, 0.5) is 5.69 Å². The SMILES string of the molecule is NC(=S)N/N=C\c1ccc([N+](=O)[O-])cc1Br.